The molecule has 0 saturated carbocycles. The van der Waals surface area contributed by atoms with Gasteiger partial charge in [0.25, 0.3) is 0 Å². The Hall–Kier alpha value is -3.88. The Balaban J connectivity index is 1.55. The molecular weight excluding hydrogens is 408 g/mol. The smallest absolute Gasteiger partial charge is 0.353 e. The number of aryl methyl sites for hydroxylation is 1. The molecule has 1 aliphatic heterocycles. The van der Waals surface area contributed by atoms with E-state index in [1.165, 1.54) is 23.1 Å². The van der Waals surface area contributed by atoms with E-state index in [2.05, 4.69) is 52.2 Å². The van der Waals surface area contributed by atoms with Crippen LogP contribution in [0.2, 0.25) is 0 Å². The Morgan fingerprint density at radius 1 is 1.00 bits per heavy atom. The second-order valence-corrected chi connectivity index (χ2v) is 7.70. The first-order chi connectivity index (χ1) is 15.5. The highest BCUT2D eigenvalue weighted by molar-refractivity contribution is 5.75. The molecule has 0 aliphatic carbocycles. The lowest BCUT2D eigenvalue weighted by atomic mass is 10.1. The maximum Gasteiger partial charge on any atom is 0.353 e. The monoisotopic (exact) mass is 434 g/mol. The fourth-order valence-electron chi connectivity index (χ4n) is 3.91. The third kappa shape index (κ3) is 4.27. The van der Waals surface area contributed by atoms with Gasteiger partial charge in [-0.05, 0) is 55.3 Å². The first-order valence-corrected chi connectivity index (χ1v) is 10.4. The van der Waals surface area contributed by atoms with E-state index in [4.69, 9.17) is 4.74 Å². The number of rotatable bonds is 6. The van der Waals surface area contributed by atoms with Crippen LogP contribution in [0.4, 0.5) is 28.7 Å². The number of hydrogen-bond acceptors (Lipinski definition) is 8. The van der Waals surface area contributed by atoms with E-state index in [9.17, 15) is 10.1 Å². The minimum atomic E-state index is -0.418. The van der Waals surface area contributed by atoms with E-state index in [1.54, 1.807) is 31.4 Å². The molecule has 1 fully saturated rings. The SMILES string of the molecule is COc1ccc(Nc2ncnc(N3CCN(c4cccc(C)c4C)CC3)c2[N+](=O)[O-])cc1. The Morgan fingerprint density at radius 3 is 2.34 bits per heavy atom. The standard InChI is InChI=1S/C23H26N6O3/c1-16-5-4-6-20(17(16)2)27-11-13-28(14-12-27)23-21(29(30)31)22(24-15-25-23)26-18-7-9-19(32-3)10-8-18/h4-10,15H,11-14H2,1-3H3,(H,24,25,26). The highest BCUT2D eigenvalue weighted by Crippen LogP contribution is 2.35. The topological polar surface area (TPSA) is 96.7 Å². The second kappa shape index (κ2) is 9.09. The number of methoxy groups -OCH3 is 1. The van der Waals surface area contributed by atoms with E-state index in [-0.39, 0.29) is 11.5 Å². The molecule has 4 rings (SSSR count). The van der Waals surface area contributed by atoms with Crippen molar-refractivity contribution in [1.82, 2.24) is 9.97 Å². The summed E-state index contributed by atoms with van der Waals surface area (Å²) in [6, 6.07) is 13.4. The van der Waals surface area contributed by atoms with Gasteiger partial charge in [0.15, 0.2) is 0 Å². The van der Waals surface area contributed by atoms with Crippen LogP contribution >= 0.6 is 0 Å². The highest BCUT2D eigenvalue weighted by atomic mass is 16.6. The lowest BCUT2D eigenvalue weighted by molar-refractivity contribution is -0.383. The van der Waals surface area contributed by atoms with Crippen molar-refractivity contribution in [3.05, 3.63) is 70.0 Å². The van der Waals surface area contributed by atoms with Gasteiger partial charge in [-0.15, -0.1) is 0 Å². The van der Waals surface area contributed by atoms with E-state index in [0.717, 1.165) is 13.1 Å². The number of nitrogens with zero attached hydrogens (tertiary/aromatic N) is 5. The summed E-state index contributed by atoms with van der Waals surface area (Å²) in [7, 11) is 1.59. The summed E-state index contributed by atoms with van der Waals surface area (Å²) in [4.78, 5) is 24.3. The molecule has 166 valence electrons. The number of aromatic nitrogens is 2. The van der Waals surface area contributed by atoms with Gasteiger partial charge in [-0.25, -0.2) is 9.97 Å². The van der Waals surface area contributed by atoms with Gasteiger partial charge in [0.2, 0.25) is 11.6 Å². The lowest BCUT2D eigenvalue weighted by Crippen LogP contribution is -2.47. The van der Waals surface area contributed by atoms with Crippen LogP contribution in [-0.4, -0.2) is 48.2 Å². The van der Waals surface area contributed by atoms with Gasteiger partial charge in [-0.2, -0.15) is 0 Å². The molecular formula is C23H26N6O3. The molecule has 0 amide bonds. The quantitative estimate of drug-likeness (QED) is 0.458. The molecule has 1 saturated heterocycles. The van der Waals surface area contributed by atoms with Gasteiger partial charge >= 0.3 is 5.69 Å². The summed E-state index contributed by atoms with van der Waals surface area (Å²) in [5.41, 5.74) is 4.29. The summed E-state index contributed by atoms with van der Waals surface area (Å²) >= 11 is 0. The molecule has 0 bridgehead atoms. The Kier molecular flexibility index (Phi) is 6.07. The summed E-state index contributed by atoms with van der Waals surface area (Å²) in [6.45, 7) is 7.01. The molecule has 0 unspecified atom stereocenters. The van der Waals surface area contributed by atoms with Crippen LogP contribution in [-0.2, 0) is 0 Å². The van der Waals surface area contributed by atoms with Crippen LogP contribution < -0.4 is 19.9 Å². The van der Waals surface area contributed by atoms with Crippen molar-refractivity contribution in [2.24, 2.45) is 0 Å². The van der Waals surface area contributed by atoms with E-state index in [0.29, 0.717) is 30.3 Å². The minimum absolute atomic E-state index is 0.122. The molecule has 3 aromatic rings. The fourth-order valence-corrected chi connectivity index (χ4v) is 3.91. The lowest BCUT2D eigenvalue weighted by Gasteiger charge is -2.37. The fraction of sp³-hybridized carbons (Fsp3) is 0.304. The van der Waals surface area contributed by atoms with Gasteiger partial charge in [-0.3, -0.25) is 10.1 Å². The zero-order chi connectivity index (χ0) is 22.7. The molecule has 1 aromatic heterocycles. The molecule has 2 aromatic carbocycles. The molecule has 0 spiro atoms. The molecule has 1 N–H and O–H groups in total. The first kappa shape index (κ1) is 21.4. The maximum absolute atomic E-state index is 12.0. The predicted molar refractivity (Wildman–Crippen MR) is 125 cm³/mol. The average molecular weight is 435 g/mol. The molecule has 2 heterocycles. The van der Waals surface area contributed by atoms with Crippen molar-refractivity contribution in [1.29, 1.82) is 0 Å². The number of piperazine rings is 1. The van der Waals surface area contributed by atoms with Gasteiger partial charge in [0.05, 0.1) is 12.0 Å². The second-order valence-electron chi connectivity index (χ2n) is 7.70. The zero-order valence-corrected chi connectivity index (χ0v) is 18.4. The minimum Gasteiger partial charge on any atom is -0.497 e. The molecule has 9 heteroatoms. The molecule has 0 radical (unpaired) electrons. The van der Waals surface area contributed by atoms with Crippen molar-refractivity contribution < 1.29 is 9.66 Å². The normalized spacial score (nSPS) is 13.7. The third-order valence-electron chi connectivity index (χ3n) is 5.83. The van der Waals surface area contributed by atoms with Crippen LogP contribution in [0.3, 0.4) is 0 Å². The first-order valence-electron chi connectivity index (χ1n) is 10.4. The molecule has 32 heavy (non-hydrogen) atoms. The summed E-state index contributed by atoms with van der Waals surface area (Å²) in [5, 5.41) is 15.0. The zero-order valence-electron chi connectivity index (χ0n) is 18.4. The van der Waals surface area contributed by atoms with Crippen molar-refractivity contribution in [2.45, 2.75) is 13.8 Å². The number of nitro groups is 1. The number of hydrogen-bond donors (Lipinski definition) is 1. The van der Waals surface area contributed by atoms with Crippen LogP contribution in [0.15, 0.2) is 48.8 Å². The van der Waals surface area contributed by atoms with Gasteiger partial charge < -0.3 is 19.9 Å². The predicted octanol–water partition coefficient (Wildman–Crippen LogP) is 4.08. The number of benzene rings is 2. The van der Waals surface area contributed by atoms with E-state index < -0.39 is 4.92 Å². The summed E-state index contributed by atoms with van der Waals surface area (Å²) in [5.74, 6) is 1.21. The Morgan fingerprint density at radius 2 is 1.69 bits per heavy atom. The van der Waals surface area contributed by atoms with Crippen LogP contribution in [0.1, 0.15) is 11.1 Å². The number of ether oxygens (including phenoxy) is 1. The van der Waals surface area contributed by atoms with Crippen molar-refractivity contribution in [3.63, 3.8) is 0 Å². The third-order valence-corrected chi connectivity index (χ3v) is 5.83. The van der Waals surface area contributed by atoms with Crippen LogP contribution in [0, 0.1) is 24.0 Å². The molecule has 0 atom stereocenters. The summed E-state index contributed by atoms with van der Waals surface area (Å²) < 4.78 is 5.16. The average Bonchev–Trinajstić information content (AvgIpc) is 2.81. The van der Waals surface area contributed by atoms with Gasteiger partial charge in [0, 0.05) is 37.6 Å². The summed E-state index contributed by atoms with van der Waals surface area (Å²) in [6.07, 6.45) is 1.37. The Bertz CT molecular complexity index is 1110. The number of nitrogens with one attached hydrogen (secondary N) is 1. The molecule has 1 aliphatic rings. The van der Waals surface area contributed by atoms with Crippen molar-refractivity contribution in [3.8, 4) is 5.75 Å². The van der Waals surface area contributed by atoms with Crippen molar-refractivity contribution in [2.75, 3.05) is 48.4 Å². The van der Waals surface area contributed by atoms with Gasteiger partial charge in [-0.1, -0.05) is 12.1 Å². The maximum atomic E-state index is 12.0. The van der Waals surface area contributed by atoms with E-state index in [1.807, 2.05) is 4.90 Å². The van der Waals surface area contributed by atoms with Gasteiger partial charge in [0.1, 0.15) is 12.1 Å². The van der Waals surface area contributed by atoms with Crippen molar-refractivity contribution >= 4 is 28.7 Å². The molecule has 9 nitrogen and oxygen atoms in total. The Labute approximate surface area is 186 Å². The van der Waals surface area contributed by atoms with E-state index >= 15 is 0 Å². The van der Waals surface area contributed by atoms with Crippen LogP contribution in [0.25, 0.3) is 0 Å². The van der Waals surface area contributed by atoms with Crippen LogP contribution in [0.5, 0.6) is 5.75 Å². The number of anilines is 4. The largest absolute Gasteiger partial charge is 0.497 e. The highest BCUT2D eigenvalue weighted by Gasteiger charge is 2.29.